The Labute approximate surface area is 107 Å². The predicted octanol–water partition coefficient (Wildman–Crippen LogP) is 2.83. The van der Waals surface area contributed by atoms with E-state index < -0.39 is 0 Å². The van der Waals surface area contributed by atoms with Crippen LogP contribution in [0.4, 0.5) is 0 Å². The van der Waals surface area contributed by atoms with E-state index in [2.05, 4.69) is 40.1 Å². The minimum atomic E-state index is 0.429. The van der Waals surface area contributed by atoms with Gasteiger partial charge in [-0.1, -0.05) is 20.8 Å². The van der Waals surface area contributed by atoms with Crippen molar-refractivity contribution >= 4 is 0 Å². The summed E-state index contributed by atoms with van der Waals surface area (Å²) in [6, 6.07) is 0. The maximum atomic E-state index is 4.16. The van der Waals surface area contributed by atoms with Gasteiger partial charge >= 0.3 is 0 Å². The van der Waals surface area contributed by atoms with Crippen molar-refractivity contribution in [1.29, 1.82) is 0 Å². The van der Waals surface area contributed by atoms with Gasteiger partial charge in [-0.2, -0.15) is 7.05 Å². The molecule has 1 nitrogen and oxygen atoms in total. The summed E-state index contributed by atoms with van der Waals surface area (Å²) in [5, 5.41) is 2.29. The minimum absolute atomic E-state index is 0.429. The van der Waals surface area contributed by atoms with E-state index in [0.29, 0.717) is 11.0 Å². The smallest absolute Gasteiger partial charge is 0.0726 e. The van der Waals surface area contributed by atoms with Crippen LogP contribution >= 0.6 is 0 Å². The summed E-state index contributed by atoms with van der Waals surface area (Å²) in [7, 11) is 4.16. The molecule has 0 aromatic heterocycles. The highest BCUT2D eigenvalue weighted by molar-refractivity contribution is 5.14. The van der Waals surface area contributed by atoms with Crippen molar-refractivity contribution in [3.63, 3.8) is 0 Å². The fourth-order valence-corrected chi connectivity index (χ4v) is 5.61. The molecule has 0 aliphatic heterocycles. The van der Waals surface area contributed by atoms with E-state index in [1.165, 1.54) is 25.7 Å². The zero-order valence-electron chi connectivity index (χ0n) is 12.0. The summed E-state index contributed by atoms with van der Waals surface area (Å²) in [6.07, 6.45) is 5.74. The van der Waals surface area contributed by atoms with Gasteiger partial charge in [0.15, 0.2) is 0 Å². The van der Waals surface area contributed by atoms with Gasteiger partial charge in [0.1, 0.15) is 0 Å². The van der Waals surface area contributed by atoms with Gasteiger partial charge in [-0.15, -0.1) is 0 Å². The Morgan fingerprint density at radius 1 is 1.06 bits per heavy atom. The standard InChI is InChI=1S/C16H29N/c1-10-6-7-11-13(10)14-12(15(14,2)3)8-9-16(11,4)17-5/h10-14H,5-9,17H2,1-4H3/t10-,11-,12-,13-,14-,16-/m1/s1. The molecule has 17 heavy (non-hydrogen) atoms. The second kappa shape index (κ2) is 3.50. The number of nitrogens with two attached hydrogens (primary N) is 1. The monoisotopic (exact) mass is 235 g/mol. The van der Waals surface area contributed by atoms with Crippen molar-refractivity contribution in [1.82, 2.24) is 0 Å². The second-order valence-electron chi connectivity index (χ2n) is 7.94. The molecule has 0 unspecified atom stereocenters. The lowest BCUT2D eigenvalue weighted by atomic mass is 9.72. The Morgan fingerprint density at radius 2 is 1.76 bits per heavy atom. The second-order valence-corrected chi connectivity index (χ2v) is 7.94. The van der Waals surface area contributed by atoms with Gasteiger partial charge in [-0.05, 0) is 55.3 Å². The molecule has 2 N–H and O–H groups in total. The average Bonchev–Trinajstić information content (AvgIpc) is 2.65. The van der Waals surface area contributed by atoms with E-state index in [1.54, 1.807) is 0 Å². The summed E-state index contributed by atoms with van der Waals surface area (Å²) < 4.78 is 0. The van der Waals surface area contributed by atoms with Crippen molar-refractivity contribution in [2.75, 3.05) is 0 Å². The largest absolute Gasteiger partial charge is 0.474 e. The van der Waals surface area contributed by atoms with Crippen molar-refractivity contribution in [3.8, 4) is 0 Å². The Morgan fingerprint density at radius 3 is 2.41 bits per heavy atom. The van der Waals surface area contributed by atoms with E-state index >= 15 is 0 Å². The summed E-state index contributed by atoms with van der Waals surface area (Å²) in [5.41, 5.74) is 1.07. The third kappa shape index (κ3) is 1.47. The number of hydrogen-bond acceptors (Lipinski definition) is 0. The molecule has 0 amide bonds. The van der Waals surface area contributed by atoms with Crippen LogP contribution in [0.25, 0.3) is 0 Å². The first-order valence-corrected chi connectivity index (χ1v) is 7.55. The molecule has 0 aromatic carbocycles. The highest BCUT2D eigenvalue weighted by Crippen LogP contribution is 2.70. The van der Waals surface area contributed by atoms with Crippen LogP contribution in [0.15, 0.2) is 0 Å². The topological polar surface area (TPSA) is 16.6 Å². The van der Waals surface area contributed by atoms with Gasteiger partial charge in [-0.25, -0.2) is 0 Å². The van der Waals surface area contributed by atoms with Crippen LogP contribution in [0.5, 0.6) is 0 Å². The molecule has 0 radical (unpaired) electrons. The molecule has 3 aliphatic carbocycles. The van der Waals surface area contributed by atoms with Gasteiger partial charge < -0.3 is 5.32 Å². The molecule has 6 atom stereocenters. The molecule has 0 saturated heterocycles. The number of hydrogen-bond donors (Lipinski definition) is 1. The first kappa shape index (κ1) is 12.0. The van der Waals surface area contributed by atoms with Gasteiger partial charge in [0.05, 0.1) is 5.54 Å². The Hall–Kier alpha value is -0.0400. The van der Waals surface area contributed by atoms with Crippen LogP contribution in [-0.2, 0) is 0 Å². The Kier molecular flexibility index (Phi) is 2.47. The molecule has 0 heterocycles. The van der Waals surface area contributed by atoms with Gasteiger partial charge in [0, 0.05) is 12.3 Å². The lowest BCUT2D eigenvalue weighted by Crippen LogP contribution is -2.92. The fraction of sp³-hybridized carbons (Fsp3) is 0.938. The molecular weight excluding hydrogens is 206 g/mol. The molecule has 98 valence electrons. The fourth-order valence-electron chi connectivity index (χ4n) is 5.61. The zero-order chi connectivity index (χ0) is 12.4. The van der Waals surface area contributed by atoms with Crippen LogP contribution in [-0.4, -0.2) is 5.54 Å². The van der Waals surface area contributed by atoms with Crippen molar-refractivity contribution in [2.24, 2.45) is 35.0 Å². The quantitative estimate of drug-likeness (QED) is 0.673. The van der Waals surface area contributed by atoms with Gasteiger partial charge in [0.25, 0.3) is 0 Å². The van der Waals surface area contributed by atoms with Crippen LogP contribution in [0.2, 0.25) is 0 Å². The van der Waals surface area contributed by atoms with E-state index in [-0.39, 0.29) is 0 Å². The lowest BCUT2D eigenvalue weighted by Gasteiger charge is -2.39. The Bertz CT molecular complexity index is 321. The van der Waals surface area contributed by atoms with Crippen LogP contribution in [0.3, 0.4) is 0 Å². The Balaban J connectivity index is 1.94. The zero-order valence-corrected chi connectivity index (χ0v) is 12.0. The molecule has 3 saturated carbocycles. The molecule has 3 fully saturated rings. The molecule has 0 aromatic rings. The third-order valence-electron chi connectivity index (χ3n) is 6.92. The van der Waals surface area contributed by atoms with Gasteiger partial charge in [-0.3, -0.25) is 0 Å². The normalized spacial score (nSPS) is 55.9. The van der Waals surface area contributed by atoms with E-state index in [4.69, 9.17) is 0 Å². The number of rotatable bonds is 1. The molecule has 3 rings (SSSR count). The summed E-state index contributed by atoms with van der Waals surface area (Å²) >= 11 is 0. The minimum Gasteiger partial charge on any atom is -0.474 e. The molecule has 1 heteroatoms. The summed E-state index contributed by atoms with van der Waals surface area (Å²) in [4.78, 5) is 0. The highest BCUT2D eigenvalue weighted by atomic mass is 15.0. The third-order valence-corrected chi connectivity index (χ3v) is 6.92. The molecule has 0 spiro atoms. The average molecular weight is 235 g/mol. The molecule has 0 bridgehead atoms. The molecule has 3 aliphatic rings. The maximum absolute atomic E-state index is 4.16. The highest BCUT2D eigenvalue weighted by Gasteiger charge is 2.67. The van der Waals surface area contributed by atoms with Crippen LogP contribution < -0.4 is 5.32 Å². The van der Waals surface area contributed by atoms with E-state index in [1.807, 2.05) is 0 Å². The first-order chi connectivity index (χ1) is 7.92. The lowest BCUT2D eigenvalue weighted by molar-refractivity contribution is -0.683. The SMILES string of the molecule is [CH2-][NH2+][C@]1(C)CC[C@@H]2[C@H]([C@@H]3[C@H](C)CC[C@H]31)C2(C)C. The predicted molar refractivity (Wildman–Crippen MR) is 71.1 cm³/mol. The van der Waals surface area contributed by atoms with E-state index in [0.717, 1.165) is 29.6 Å². The number of fused-ring (bicyclic) bond motifs is 3. The van der Waals surface area contributed by atoms with Crippen molar-refractivity contribution in [2.45, 2.75) is 58.9 Å². The number of quaternary nitrogens is 1. The van der Waals surface area contributed by atoms with Crippen LogP contribution in [0.1, 0.15) is 53.4 Å². The summed E-state index contributed by atoms with van der Waals surface area (Å²) in [6.45, 7) is 10.0. The van der Waals surface area contributed by atoms with Crippen molar-refractivity contribution < 1.29 is 5.32 Å². The maximum Gasteiger partial charge on any atom is 0.0726 e. The van der Waals surface area contributed by atoms with Crippen LogP contribution in [0, 0.1) is 42.1 Å². The van der Waals surface area contributed by atoms with Gasteiger partial charge in [0.2, 0.25) is 0 Å². The molecular formula is C16H29N. The van der Waals surface area contributed by atoms with Crippen molar-refractivity contribution in [3.05, 3.63) is 7.05 Å². The summed E-state index contributed by atoms with van der Waals surface area (Å²) in [5.74, 6) is 4.89. The van der Waals surface area contributed by atoms with E-state index in [9.17, 15) is 0 Å². The first-order valence-electron chi connectivity index (χ1n) is 7.55.